The number of aromatic nitrogens is 2. The Hall–Kier alpha value is -2.17. The van der Waals surface area contributed by atoms with Crippen molar-refractivity contribution in [3.8, 4) is 0 Å². The molecule has 128 valence electrons. The van der Waals surface area contributed by atoms with Crippen LogP contribution in [0.5, 0.6) is 0 Å². The van der Waals surface area contributed by atoms with Gasteiger partial charge < -0.3 is 10.2 Å². The van der Waals surface area contributed by atoms with E-state index in [9.17, 15) is 4.39 Å². The molecule has 0 amide bonds. The van der Waals surface area contributed by atoms with Gasteiger partial charge in [0.25, 0.3) is 0 Å². The molecular weight excluding hydrogens is 303 g/mol. The Morgan fingerprint density at radius 3 is 2.58 bits per heavy atom. The number of benzene rings is 1. The fraction of sp³-hybridized carbons (Fsp3) is 0.474. The van der Waals surface area contributed by atoms with Crippen molar-refractivity contribution in [3.05, 3.63) is 47.5 Å². The molecule has 1 fully saturated rings. The lowest BCUT2D eigenvalue weighted by Gasteiger charge is -2.22. The van der Waals surface area contributed by atoms with E-state index in [1.165, 1.54) is 31.7 Å². The highest BCUT2D eigenvalue weighted by molar-refractivity contribution is 5.49. The van der Waals surface area contributed by atoms with E-state index in [-0.39, 0.29) is 5.82 Å². The molecule has 0 aliphatic carbocycles. The van der Waals surface area contributed by atoms with Gasteiger partial charge in [-0.15, -0.1) is 0 Å². The second-order valence-corrected chi connectivity index (χ2v) is 6.33. The quantitative estimate of drug-likeness (QED) is 0.902. The van der Waals surface area contributed by atoms with Crippen LogP contribution >= 0.6 is 0 Å². The molecule has 1 aromatic carbocycles. The minimum absolute atomic E-state index is 0.150. The second kappa shape index (κ2) is 8.08. The summed E-state index contributed by atoms with van der Waals surface area (Å²) in [6.07, 6.45) is 5.68. The van der Waals surface area contributed by atoms with Gasteiger partial charge in [0.15, 0.2) is 0 Å². The molecule has 5 heteroatoms. The first-order chi connectivity index (χ1) is 11.7. The Morgan fingerprint density at radius 2 is 1.83 bits per heavy atom. The van der Waals surface area contributed by atoms with Crippen LogP contribution in [0.25, 0.3) is 0 Å². The van der Waals surface area contributed by atoms with Gasteiger partial charge in [0, 0.05) is 25.7 Å². The first-order valence-corrected chi connectivity index (χ1v) is 8.80. The van der Waals surface area contributed by atoms with Crippen molar-refractivity contribution in [3.63, 3.8) is 0 Å². The van der Waals surface area contributed by atoms with Crippen molar-refractivity contribution in [2.45, 2.75) is 39.0 Å². The molecule has 2 aromatic rings. The average Bonchev–Trinajstić information content (AvgIpc) is 2.85. The van der Waals surface area contributed by atoms with E-state index in [4.69, 9.17) is 0 Å². The maximum atomic E-state index is 13.7. The summed E-state index contributed by atoms with van der Waals surface area (Å²) in [7, 11) is 0. The molecule has 0 unspecified atom stereocenters. The minimum atomic E-state index is -0.150. The normalized spacial score (nSPS) is 15.2. The number of rotatable bonds is 5. The summed E-state index contributed by atoms with van der Waals surface area (Å²) < 4.78 is 13.7. The summed E-state index contributed by atoms with van der Waals surface area (Å²) in [5.41, 5.74) is 0.725. The molecule has 1 aliphatic rings. The van der Waals surface area contributed by atoms with Crippen LogP contribution in [0.2, 0.25) is 0 Å². The summed E-state index contributed by atoms with van der Waals surface area (Å²) in [5, 5.41) is 3.31. The van der Waals surface area contributed by atoms with Crippen molar-refractivity contribution in [1.29, 1.82) is 0 Å². The Morgan fingerprint density at radius 1 is 1.08 bits per heavy atom. The van der Waals surface area contributed by atoms with Crippen molar-refractivity contribution in [2.24, 2.45) is 0 Å². The van der Waals surface area contributed by atoms with Crippen molar-refractivity contribution < 1.29 is 4.39 Å². The molecule has 0 saturated carbocycles. The average molecular weight is 328 g/mol. The molecule has 1 N–H and O–H groups in total. The zero-order valence-corrected chi connectivity index (χ0v) is 14.3. The number of nitrogens with zero attached hydrogens (tertiary/aromatic N) is 3. The van der Waals surface area contributed by atoms with Crippen molar-refractivity contribution in [2.75, 3.05) is 29.9 Å². The van der Waals surface area contributed by atoms with Crippen LogP contribution in [0, 0.1) is 12.7 Å². The number of aryl methyl sites for hydroxylation is 1. The lowest BCUT2D eigenvalue weighted by Crippen LogP contribution is -2.25. The number of nitrogens with one attached hydrogen (secondary N) is 1. The molecule has 2 heterocycles. The SMILES string of the molecule is Cc1nc(NCCc2ccccc2F)cc(N2CCCCCC2)n1. The fourth-order valence-electron chi connectivity index (χ4n) is 3.13. The van der Waals surface area contributed by atoms with Crippen LogP contribution in [0.4, 0.5) is 16.0 Å². The van der Waals surface area contributed by atoms with E-state index in [0.717, 1.165) is 36.1 Å². The Bertz CT molecular complexity index is 666. The Kier molecular flexibility index (Phi) is 5.62. The number of halogens is 1. The predicted molar refractivity (Wildman–Crippen MR) is 96.0 cm³/mol. The van der Waals surface area contributed by atoms with Crippen molar-refractivity contribution in [1.82, 2.24) is 9.97 Å². The standard InChI is InChI=1S/C19H25FN4/c1-15-22-18(21-11-10-16-8-4-5-9-17(16)20)14-19(23-15)24-12-6-2-3-7-13-24/h4-5,8-9,14H,2-3,6-7,10-13H2,1H3,(H,21,22,23). The Balaban J connectivity index is 1.64. The largest absolute Gasteiger partial charge is 0.370 e. The van der Waals surface area contributed by atoms with Gasteiger partial charge >= 0.3 is 0 Å². The first kappa shape index (κ1) is 16.7. The van der Waals surface area contributed by atoms with E-state index in [1.807, 2.05) is 25.1 Å². The summed E-state index contributed by atoms with van der Waals surface area (Å²) >= 11 is 0. The van der Waals surface area contributed by atoms with Crippen molar-refractivity contribution >= 4 is 11.6 Å². The molecule has 24 heavy (non-hydrogen) atoms. The minimum Gasteiger partial charge on any atom is -0.370 e. The topological polar surface area (TPSA) is 41.1 Å². The van der Waals surface area contributed by atoms with E-state index >= 15 is 0 Å². The molecule has 4 nitrogen and oxygen atoms in total. The van der Waals surface area contributed by atoms with Crippen LogP contribution in [0.1, 0.15) is 37.1 Å². The molecular formula is C19H25FN4. The summed E-state index contributed by atoms with van der Waals surface area (Å²) in [6.45, 7) is 4.69. The fourth-order valence-corrected chi connectivity index (χ4v) is 3.13. The molecule has 0 bridgehead atoms. The number of hydrogen-bond acceptors (Lipinski definition) is 4. The van der Waals surface area contributed by atoms with Crippen LogP contribution in [-0.4, -0.2) is 29.6 Å². The molecule has 0 spiro atoms. The van der Waals surface area contributed by atoms with Gasteiger partial charge in [-0.2, -0.15) is 0 Å². The highest BCUT2D eigenvalue weighted by atomic mass is 19.1. The summed E-state index contributed by atoms with van der Waals surface area (Å²) in [4.78, 5) is 11.4. The van der Waals surface area contributed by atoms with Crippen LogP contribution in [0.3, 0.4) is 0 Å². The third-order valence-electron chi connectivity index (χ3n) is 4.41. The zero-order valence-electron chi connectivity index (χ0n) is 14.3. The van der Waals surface area contributed by atoms with Crippen LogP contribution in [0.15, 0.2) is 30.3 Å². The smallest absolute Gasteiger partial charge is 0.134 e. The van der Waals surface area contributed by atoms with Gasteiger partial charge in [-0.1, -0.05) is 31.0 Å². The highest BCUT2D eigenvalue weighted by Crippen LogP contribution is 2.20. The van der Waals surface area contributed by atoms with E-state index < -0.39 is 0 Å². The van der Waals surface area contributed by atoms with Gasteiger partial charge in [-0.25, -0.2) is 14.4 Å². The monoisotopic (exact) mass is 328 g/mol. The predicted octanol–water partition coefficient (Wildman–Crippen LogP) is 3.96. The molecule has 1 saturated heterocycles. The lowest BCUT2D eigenvalue weighted by atomic mass is 10.1. The van der Waals surface area contributed by atoms with Crippen LogP contribution < -0.4 is 10.2 Å². The molecule has 0 radical (unpaired) electrons. The van der Waals surface area contributed by atoms with Gasteiger partial charge in [-0.3, -0.25) is 0 Å². The number of hydrogen-bond donors (Lipinski definition) is 1. The third-order valence-corrected chi connectivity index (χ3v) is 4.41. The maximum absolute atomic E-state index is 13.7. The highest BCUT2D eigenvalue weighted by Gasteiger charge is 2.13. The zero-order chi connectivity index (χ0) is 16.8. The second-order valence-electron chi connectivity index (χ2n) is 6.33. The molecule has 0 atom stereocenters. The molecule has 1 aromatic heterocycles. The maximum Gasteiger partial charge on any atom is 0.134 e. The summed E-state index contributed by atoms with van der Waals surface area (Å²) in [6, 6.07) is 8.92. The molecule has 3 rings (SSSR count). The van der Waals surface area contributed by atoms with E-state index in [0.29, 0.717) is 13.0 Å². The Labute approximate surface area is 143 Å². The molecule has 1 aliphatic heterocycles. The van der Waals surface area contributed by atoms with Gasteiger partial charge in [0.1, 0.15) is 23.3 Å². The third kappa shape index (κ3) is 4.43. The van der Waals surface area contributed by atoms with Gasteiger partial charge in [0.2, 0.25) is 0 Å². The van der Waals surface area contributed by atoms with E-state index in [2.05, 4.69) is 20.2 Å². The van der Waals surface area contributed by atoms with Crippen LogP contribution in [-0.2, 0) is 6.42 Å². The van der Waals surface area contributed by atoms with Gasteiger partial charge in [0.05, 0.1) is 0 Å². The van der Waals surface area contributed by atoms with Gasteiger partial charge in [-0.05, 0) is 37.8 Å². The number of anilines is 2. The summed E-state index contributed by atoms with van der Waals surface area (Å²) in [5.74, 6) is 2.43. The van der Waals surface area contributed by atoms with E-state index in [1.54, 1.807) is 6.07 Å². The lowest BCUT2D eigenvalue weighted by molar-refractivity contribution is 0.610. The first-order valence-electron chi connectivity index (χ1n) is 8.80.